The average molecular weight is 352 g/mol. The van der Waals surface area contributed by atoms with Crippen LogP contribution in [0.4, 0.5) is 5.69 Å². The van der Waals surface area contributed by atoms with Gasteiger partial charge in [-0.05, 0) is 60.3 Å². The second-order valence-corrected chi connectivity index (χ2v) is 5.74. The molecule has 5 heteroatoms. The van der Waals surface area contributed by atoms with Crippen LogP contribution in [0.2, 0.25) is 0 Å². The molecule has 1 aliphatic carbocycles. The molecular weight excluding hydrogens is 334 g/mol. The molecule has 1 aliphatic rings. The molecule has 1 amide bonds. The van der Waals surface area contributed by atoms with Gasteiger partial charge in [0.15, 0.2) is 0 Å². The van der Waals surface area contributed by atoms with E-state index in [0.29, 0.717) is 22.3 Å². The third kappa shape index (κ3) is 4.17. The molecule has 0 heterocycles. The van der Waals surface area contributed by atoms with Gasteiger partial charge in [-0.1, -0.05) is 12.2 Å². The quantitative estimate of drug-likeness (QED) is 0.660. The minimum Gasteiger partial charge on any atom is -0.462 e. The first-order valence-corrected chi connectivity index (χ1v) is 7.83. The Morgan fingerprint density at radius 2 is 2.19 bits per heavy atom. The minimum absolute atomic E-state index is 0.0175. The zero-order chi connectivity index (χ0) is 15.2. The number of ether oxygens (including phenoxy) is 1. The average Bonchev–Trinajstić information content (AvgIpc) is 2.50. The van der Waals surface area contributed by atoms with Crippen LogP contribution in [-0.4, -0.2) is 18.5 Å². The molecule has 0 bridgehead atoms. The molecule has 112 valence electrons. The van der Waals surface area contributed by atoms with Crippen LogP contribution in [0.5, 0.6) is 0 Å². The molecule has 0 aromatic heterocycles. The summed E-state index contributed by atoms with van der Waals surface area (Å²) in [7, 11) is 0. The summed E-state index contributed by atoms with van der Waals surface area (Å²) >= 11 is 3.38. The maximum atomic E-state index is 12.2. The highest BCUT2D eigenvalue weighted by Gasteiger charge is 2.19. The van der Waals surface area contributed by atoms with Gasteiger partial charge in [-0.3, -0.25) is 4.79 Å². The molecule has 4 nitrogen and oxygen atoms in total. The van der Waals surface area contributed by atoms with Crippen molar-refractivity contribution in [2.75, 3.05) is 11.9 Å². The summed E-state index contributed by atoms with van der Waals surface area (Å²) in [6, 6.07) is 5.03. The van der Waals surface area contributed by atoms with Gasteiger partial charge in [0.2, 0.25) is 5.91 Å². The van der Waals surface area contributed by atoms with Crippen LogP contribution in [0, 0.1) is 5.92 Å². The van der Waals surface area contributed by atoms with Gasteiger partial charge < -0.3 is 10.1 Å². The van der Waals surface area contributed by atoms with Crippen LogP contribution in [-0.2, 0) is 9.53 Å². The lowest BCUT2D eigenvalue weighted by Gasteiger charge is -2.18. The number of amides is 1. The summed E-state index contributed by atoms with van der Waals surface area (Å²) in [5.41, 5.74) is 1.13. The topological polar surface area (TPSA) is 55.4 Å². The van der Waals surface area contributed by atoms with E-state index in [-0.39, 0.29) is 17.8 Å². The van der Waals surface area contributed by atoms with Gasteiger partial charge >= 0.3 is 5.97 Å². The predicted octanol–water partition coefficient (Wildman–Crippen LogP) is 3.92. The van der Waals surface area contributed by atoms with E-state index in [1.54, 1.807) is 25.1 Å². The molecule has 1 N–H and O–H groups in total. The molecule has 1 unspecified atom stereocenters. The van der Waals surface area contributed by atoms with Crippen molar-refractivity contribution >= 4 is 33.5 Å². The lowest BCUT2D eigenvalue weighted by molar-refractivity contribution is -0.120. The van der Waals surface area contributed by atoms with Crippen LogP contribution in [0.1, 0.15) is 36.5 Å². The Balaban J connectivity index is 2.05. The van der Waals surface area contributed by atoms with Gasteiger partial charge in [-0.2, -0.15) is 0 Å². The highest BCUT2D eigenvalue weighted by Crippen LogP contribution is 2.26. The van der Waals surface area contributed by atoms with E-state index in [9.17, 15) is 9.59 Å². The Labute approximate surface area is 132 Å². The van der Waals surface area contributed by atoms with Crippen molar-refractivity contribution in [1.82, 2.24) is 0 Å². The molecule has 0 fully saturated rings. The summed E-state index contributed by atoms with van der Waals surface area (Å²) in [6.45, 7) is 2.10. The molecular formula is C16H18BrNO3. The van der Waals surface area contributed by atoms with E-state index in [1.165, 1.54) is 0 Å². The van der Waals surface area contributed by atoms with Crippen molar-refractivity contribution in [1.29, 1.82) is 0 Å². The van der Waals surface area contributed by atoms with Gasteiger partial charge in [0.1, 0.15) is 0 Å². The Morgan fingerprint density at radius 3 is 2.81 bits per heavy atom. The Morgan fingerprint density at radius 1 is 1.38 bits per heavy atom. The van der Waals surface area contributed by atoms with Crippen LogP contribution >= 0.6 is 15.9 Å². The SMILES string of the molecule is CCOC(=O)c1ccc(NC(=O)C2CC=CCC2)c(Br)c1. The normalized spacial score (nSPS) is 17.3. The molecule has 0 radical (unpaired) electrons. The molecule has 2 rings (SSSR count). The van der Waals surface area contributed by atoms with Crippen LogP contribution in [0.25, 0.3) is 0 Å². The number of rotatable bonds is 4. The number of carbonyl (C=O) groups is 2. The zero-order valence-corrected chi connectivity index (χ0v) is 13.5. The fourth-order valence-corrected chi connectivity index (χ4v) is 2.70. The summed E-state index contributed by atoms with van der Waals surface area (Å²) in [6.07, 6.45) is 6.76. The van der Waals surface area contributed by atoms with Crippen LogP contribution < -0.4 is 5.32 Å². The van der Waals surface area contributed by atoms with Crippen molar-refractivity contribution in [3.05, 3.63) is 40.4 Å². The molecule has 1 aromatic carbocycles. The van der Waals surface area contributed by atoms with Crippen molar-refractivity contribution in [3.63, 3.8) is 0 Å². The number of hydrogen-bond donors (Lipinski definition) is 1. The van der Waals surface area contributed by atoms with Gasteiger partial charge in [-0.25, -0.2) is 4.79 Å². The second-order valence-electron chi connectivity index (χ2n) is 4.89. The fourth-order valence-electron chi connectivity index (χ4n) is 2.22. The predicted molar refractivity (Wildman–Crippen MR) is 85.2 cm³/mol. The first-order chi connectivity index (χ1) is 10.1. The lowest BCUT2D eigenvalue weighted by Crippen LogP contribution is -2.23. The number of benzene rings is 1. The second kappa shape index (κ2) is 7.41. The van der Waals surface area contributed by atoms with E-state index in [1.807, 2.05) is 6.08 Å². The van der Waals surface area contributed by atoms with E-state index in [0.717, 1.165) is 19.3 Å². The summed E-state index contributed by atoms with van der Waals surface area (Å²) in [4.78, 5) is 23.8. The number of nitrogens with one attached hydrogen (secondary N) is 1. The maximum absolute atomic E-state index is 12.2. The molecule has 1 atom stereocenters. The zero-order valence-electron chi connectivity index (χ0n) is 11.9. The van der Waals surface area contributed by atoms with Crippen LogP contribution in [0.15, 0.2) is 34.8 Å². The monoisotopic (exact) mass is 351 g/mol. The van der Waals surface area contributed by atoms with Crippen LogP contribution in [0.3, 0.4) is 0 Å². The first-order valence-electron chi connectivity index (χ1n) is 7.04. The smallest absolute Gasteiger partial charge is 0.338 e. The highest BCUT2D eigenvalue weighted by molar-refractivity contribution is 9.10. The number of halogens is 1. The summed E-state index contributed by atoms with van der Waals surface area (Å²) in [5, 5.41) is 2.91. The van der Waals surface area contributed by atoms with E-state index >= 15 is 0 Å². The molecule has 21 heavy (non-hydrogen) atoms. The summed E-state index contributed by atoms with van der Waals surface area (Å²) < 4.78 is 5.62. The largest absolute Gasteiger partial charge is 0.462 e. The van der Waals surface area contributed by atoms with Crippen molar-refractivity contribution in [2.45, 2.75) is 26.2 Å². The number of anilines is 1. The van der Waals surface area contributed by atoms with Gasteiger partial charge in [-0.15, -0.1) is 0 Å². The third-order valence-electron chi connectivity index (χ3n) is 3.38. The van der Waals surface area contributed by atoms with Crippen molar-refractivity contribution in [3.8, 4) is 0 Å². The standard InChI is InChI=1S/C16H18BrNO3/c1-2-21-16(20)12-8-9-14(13(17)10-12)18-15(19)11-6-4-3-5-7-11/h3-4,8-11H,2,5-7H2,1H3,(H,18,19). The third-order valence-corrected chi connectivity index (χ3v) is 4.03. The molecule has 1 aromatic rings. The fraction of sp³-hybridized carbons (Fsp3) is 0.375. The van der Waals surface area contributed by atoms with E-state index < -0.39 is 0 Å². The number of esters is 1. The number of carbonyl (C=O) groups excluding carboxylic acids is 2. The minimum atomic E-state index is -0.367. The highest BCUT2D eigenvalue weighted by atomic mass is 79.9. The van der Waals surface area contributed by atoms with E-state index in [2.05, 4.69) is 27.3 Å². The molecule has 0 saturated carbocycles. The Kier molecular flexibility index (Phi) is 5.56. The summed E-state index contributed by atoms with van der Waals surface area (Å²) in [5.74, 6) is -0.330. The van der Waals surface area contributed by atoms with Gasteiger partial charge in [0, 0.05) is 10.4 Å². The lowest BCUT2D eigenvalue weighted by atomic mass is 9.93. The van der Waals surface area contributed by atoms with Crippen molar-refractivity contribution < 1.29 is 14.3 Å². The maximum Gasteiger partial charge on any atom is 0.338 e. The van der Waals surface area contributed by atoms with E-state index in [4.69, 9.17) is 4.74 Å². The Hall–Kier alpha value is -1.62. The van der Waals surface area contributed by atoms with Gasteiger partial charge in [0.25, 0.3) is 0 Å². The number of allylic oxidation sites excluding steroid dienone is 2. The molecule has 0 spiro atoms. The number of hydrogen-bond acceptors (Lipinski definition) is 3. The van der Waals surface area contributed by atoms with Gasteiger partial charge in [0.05, 0.1) is 17.9 Å². The van der Waals surface area contributed by atoms with Crippen molar-refractivity contribution in [2.24, 2.45) is 5.92 Å². The molecule has 0 aliphatic heterocycles. The first kappa shape index (κ1) is 15.8. The molecule has 0 saturated heterocycles. The Bertz CT molecular complexity index is 569.